The molecule has 126 valence electrons. The molecular weight excluding hydrogens is 332 g/mol. The summed E-state index contributed by atoms with van der Waals surface area (Å²) in [6.07, 6.45) is 0.426. The molecule has 2 N–H and O–H groups in total. The second-order valence-electron chi connectivity index (χ2n) is 5.28. The fourth-order valence-corrected chi connectivity index (χ4v) is 2.93. The number of hydrogen-bond donors (Lipinski definition) is 2. The molecule has 2 aromatic heterocycles. The van der Waals surface area contributed by atoms with Crippen LogP contribution in [0, 0.1) is 0 Å². The monoisotopic (exact) mass is 348 g/mol. The molecule has 0 radical (unpaired) electrons. The lowest BCUT2D eigenvalue weighted by molar-refractivity contribution is -0.121. The molecule has 0 atom stereocenters. The van der Waals surface area contributed by atoms with Gasteiger partial charge in [-0.25, -0.2) is 4.79 Å². The number of amides is 4. The number of rotatable bonds is 6. The highest BCUT2D eigenvalue weighted by atomic mass is 32.1. The Morgan fingerprint density at radius 3 is 3.08 bits per heavy atom. The zero-order chi connectivity index (χ0) is 16.9. The van der Waals surface area contributed by atoms with Crippen LogP contribution in [0.3, 0.4) is 0 Å². The number of nitrogens with zero attached hydrogens (tertiary/aromatic N) is 2. The zero-order valence-corrected chi connectivity index (χ0v) is 13.6. The first kappa shape index (κ1) is 16.2. The average molecular weight is 348 g/mol. The van der Waals surface area contributed by atoms with Gasteiger partial charge in [0.25, 0.3) is 0 Å². The van der Waals surface area contributed by atoms with Gasteiger partial charge >= 0.3 is 6.03 Å². The molecule has 0 aliphatic carbocycles. The minimum Gasteiger partial charge on any atom is -0.355 e. The number of carbonyl (C=O) groups is 3. The quantitative estimate of drug-likeness (QED) is 0.820. The highest BCUT2D eigenvalue weighted by molar-refractivity contribution is 7.13. The number of urea groups is 1. The number of imide groups is 1. The molecule has 0 saturated carbocycles. The van der Waals surface area contributed by atoms with Gasteiger partial charge < -0.3 is 14.7 Å². The van der Waals surface area contributed by atoms with E-state index in [-0.39, 0.29) is 37.7 Å². The maximum absolute atomic E-state index is 11.9. The third kappa shape index (κ3) is 3.99. The zero-order valence-electron chi connectivity index (χ0n) is 12.8. The summed E-state index contributed by atoms with van der Waals surface area (Å²) in [5.74, 6) is 0.192. The van der Waals surface area contributed by atoms with Crippen molar-refractivity contribution in [3.8, 4) is 10.6 Å². The van der Waals surface area contributed by atoms with Crippen LogP contribution >= 0.6 is 11.3 Å². The molecule has 3 heterocycles. The van der Waals surface area contributed by atoms with E-state index in [1.54, 1.807) is 17.4 Å². The predicted octanol–water partition coefficient (Wildman–Crippen LogP) is 1.35. The summed E-state index contributed by atoms with van der Waals surface area (Å²) in [5.41, 5.74) is 0.632. The predicted molar refractivity (Wildman–Crippen MR) is 86.0 cm³/mol. The molecule has 24 heavy (non-hydrogen) atoms. The molecule has 8 nitrogen and oxygen atoms in total. The number of nitrogens with one attached hydrogen (secondary N) is 2. The maximum Gasteiger partial charge on any atom is 0.324 e. The van der Waals surface area contributed by atoms with Crippen LogP contribution in [0.25, 0.3) is 10.6 Å². The summed E-state index contributed by atoms with van der Waals surface area (Å²) in [4.78, 5) is 36.9. The van der Waals surface area contributed by atoms with Gasteiger partial charge in [-0.1, -0.05) is 11.2 Å². The molecule has 3 rings (SSSR count). The highest BCUT2D eigenvalue weighted by Crippen LogP contribution is 2.24. The van der Waals surface area contributed by atoms with Crippen LogP contribution in [0.4, 0.5) is 4.79 Å². The summed E-state index contributed by atoms with van der Waals surface area (Å²) in [5, 5.41) is 10.8. The van der Waals surface area contributed by atoms with E-state index >= 15 is 0 Å². The lowest BCUT2D eigenvalue weighted by atomic mass is 10.2. The third-order valence-electron chi connectivity index (χ3n) is 3.54. The molecule has 1 aliphatic heterocycles. The largest absolute Gasteiger partial charge is 0.355 e. The smallest absolute Gasteiger partial charge is 0.324 e. The van der Waals surface area contributed by atoms with E-state index in [4.69, 9.17) is 4.52 Å². The van der Waals surface area contributed by atoms with Gasteiger partial charge in [-0.15, -0.1) is 11.3 Å². The Hall–Kier alpha value is -2.68. The van der Waals surface area contributed by atoms with Gasteiger partial charge in [0.15, 0.2) is 5.76 Å². The first-order valence-corrected chi connectivity index (χ1v) is 8.35. The van der Waals surface area contributed by atoms with Crippen LogP contribution in [-0.2, 0) is 16.1 Å². The molecular formula is C15H16N4O4S. The van der Waals surface area contributed by atoms with Crippen LogP contribution in [0.5, 0.6) is 0 Å². The molecule has 4 amide bonds. The van der Waals surface area contributed by atoms with E-state index in [1.807, 2.05) is 17.5 Å². The lowest BCUT2D eigenvalue weighted by Crippen LogP contribution is -2.50. The summed E-state index contributed by atoms with van der Waals surface area (Å²) in [6, 6.07) is 5.20. The van der Waals surface area contributed by atoms with E-state index in [0.29, 0.717) is 18.0 Å². The average Bonchev–Trinajstić information content (AvgIpc) is 3.23. The molecule has 0 aromatic carbocycles. The number of hydrogen-bond acceptors (Lipinski definition) is 6. The fourth-order valence-electron chi connectivity index (χ4n) is 2.26. The second kappa shape index (κ2) is 7.26. The molecule has 9 heteroatoms. The minimum atomic E-state index is -0.448. The van der Waals surface area contributed by atoms with E-state index in [9.17, 15) is 14.4 Å². The first-order chi connectivity index (χ1) is 11.6. The summed E-state index contributed by atoms with van der Waals surface area (Å²) < 4.78 is 5.24. The normalized spacial score (nSPS) is 14.6. The van der Waals surface area contributed by atoms with Crippen LogP contribution in [0.1, 0.15) is 18.5 Å². The molecule has 1 aliphatic rings. The van der Waals surface area contributed by atoms with Crippen LogP contribution < -0.4 is 10.6 Å². The van der Waals surface area contributed by atoms with E-state index < -0.39 is 6.03 Å². The Balaban J connectivity index is 1.43. The van der Waals surface area contributed by atoms with Crippen molar-refractivity contribution in [1.82, 2.24) is 20.7 Å². The van der Waals surface area contributed by atoms with Crippen molar-refractivity contribution in [2.24, 2.45) is 0 Å². The molecule has 0 bridgehead atoms. The van der Waals surface area contributed by atoms with Crippen molar-refractivity contribution in [3.05, 3.63) is 29.3 Å². The SMILES string of the molecule is O=C(CCN1CCC(=O)NC1=O)NCc1cc(-c2cccs2)on1. The van der Waals surface area contributed by atoms with E-state index in [1.165, 1.54) is 4.90 Å². The number of thiophene rings is 1. The Labute approximate surface area is 141 Å². The molecule has 1 fully saturated rings. The van der Waals surface area contributed by atoms with Gasteiger partial charge in [0.1, 0.15) is 5.69 Å². The summed E-state index contributed by atoms with van der Waals surface area (Å²) in [7, 11) is 0. The van der Waals surface area contributed by atoms with Crippen molar-refractivity contribution in [2.45, 2.75) is 19.4 Å². The Morgan fingerprint density at radius 1 is 1.46 bits per heavy atom. The van der Waals surface area contributed by atoms with Gasteiger partial charge in [-0.05, 0) is 11.4 Å². The Kier molecular flexibility index (Phi) is 4.90. The highest BCUT2D eigenvalue weighted by Gasteiger charge is 2.23. The number of carbonyl (C=O) groups excluding carboxylic acids is 3. The molecule has 0 unspecified atom stereocenters. The van der Waals surface area contributed by atoms with Gasteiger partial charge in [-0.3, -0.25) is 14.9 Å². The van der Waals surface area contributed by atoms with Gasteiger partial charge in [0.2, 0.25) is 11.8 Å². The minimum absolute atomic E-state index is 0.164. The van der Waals surface area contributed by atoms with Crippen molar-refractivity contribution in [2.75, 3.05) is 13.1 Å². The van der Waals surface area contributed by atoms with Gasteiger partial charge in [0.05, 0.1) is 11.4 Å². The molecule has 2 aromatic rings. The van der Waals surface area contributed by atoms with Crippen molar-refractivity contribution >= 4 is 29.2 Å². The van der Waals surface area contributed by atoms with E-state index in [0.717, 1.165) is 4.88 Å². The Bertz CT molecular complexity index is 741. The third-order valence-corrected chi connectivity index (χ3v) is 4.43. The number of aromatic nitrogens is 1. The summed E-state index contributed by atoms with van der Waals surface area (Å²) >= 11 is 1.55. The lowest BCUT2D eigenvalue weighted by Gasteiger charge is -2.26. The van der Waals surface area contributed by atoms with Crippen LogP contribution in [0.2, 0.25) is 0 Å². The second-order valence-corrected chi connectivity index (χ2v) is 6.22. The fraction of sp³-hybridized carbons (Fsp3) is 0.333. The van der Waals surface area contributed by atoms with Crippen LogP contribution in [0.15, 0.2) is 28.1 Å². The van der Waals surface area contributed by atoms with Crippen molar-refractivity contribution in [1.29, 1.82) is 0 Å². The van der Waals surface area contributed by atoms with Gasteiger partial charge in [-0.2, -0.15) is 0 Å². The molecule has 1 saturated heterocycles. The summed E-state index contributed by atoms with van der Waals surface area (Å²) in [6.45, 7) is 0.869. The standard InChI is InChI=1S/C15H16N4O4S/c20-13(3-5-19-6-4-14(21)17-15(19)22)16-9-10-8-11(23-18-10)12-2-1-7-24-12/h1-2,7-8H,3-6,9H2,(H,16,20)(H,17,21,22). The van der Waals surface area contributed by atoms with Crippen molar-refractivity contribution in [3.63, 3.8) is 0 Å². The van der Waals surface area contributed by atoms with E-state index in [2.05, 4.69) is 15.8 Å². The van der Waals surface area contributed by atoms with Gasteiger partial charge in [0, 0.05) is 32.0 Å². The Morgan fingerprint density at radius 2 is 2.33 bits per heavy atom. The topological polar surface area (TPSA) is 105 Å². The maximum atomic E-state index is 11.9. The van der Waals surface area contributed by atoms with Crippen molar-refractivity contribution < 1.29 is 18.9 Å². The van der Waals surface area contributed by atoms with Crippen LogP contribution in [-0.4, -0.2) is 41.0 Å². The molecule has 0 spiro atoms. The first-order valence-electron chi connectivity index (χ1n) is 7.47.